The van der Waals surface area contributed by atoms with Gasteiger partial charge in [-0.2, -0.15) is 10.5 Å². The van der Waals surface area contributed by atoms with Gasteiger partial charge in [0.2, 0.25) is 0 Å². The van der Waals surface area contributed by atoms with Crippen LogP contribution in [0.5, 0.6) is 0 Å². The van der Waals surface area contributed by atoms with Crippen LogP contribution in [0.3, 0.4) is 0 Å². The lowest BCUT2D eigenvalue weighted by Gasteiger charge is -2.17. The van der Waals surface area contributed by atoms with Gasteiger partial charge < -0.3 is 0 Å². The Labute approximate surface area is 266 Å². The number of rotatable bonds is 4. The monoisotopic (exact) mass is 584 g/mol. The first-order chi connectivity index (χ1) is 22.7. The van der Waals surface area contributed by atoms with Gasteiger partial charge in [0.25, 0.3) is 0 Å². The molecule has 6 aromatic carbocycles. The van der Waals surface area contributed by atoms with E-state index >= 15 is 0 Å². The van der Waals surface area contributed by atoms with Crippen LogP contribution < -0.4 is 0 Å². The van der Waals surface area contributed by atoms with Gasteiger partial charge in [0.05, 0.1) is 11.1 Å². The van der Waals surface area contributed by atoms with Gasteiger partial charge in [-0.1, -0.05) is 84.9 Å². The normalized spacial score (nSPS) is 11.0. The Balaban J connectivity index is 1.36. The minimum atomic E-state index is 0.541. The van der Waals surface area contributed by atoms with E-state index < -0.39 is 0 Å². The van der Waals surface area contributed by atoms with Crippen LogP contribution in [-0.4, -0.2) is 9.97 Å². The minimum absolute atomic E-state index is 0.541. The highest BCUT2D eigenvalue weighted by molar-refractivity contribution is 6.23. The molecule has 0 N–H and O–H groups in total. The number of nitriles is 2. The molecule has 8 aromatic rings. The van der Waals surface area contributed by atoms with Crippen molar-refractivity contribution in [1.29, 1.82) is 10.5 Å². The van der Waals surface area contributed by atoms with Crippen molar-refractivity contribution < 1.29 is 0 Å². The first-order valence-corrected chi connectivity index (χ1v) is 15.0. The summed E-state index contributed by atoms with van der Waals surface area (Å²) in [5.41, 5.74) is 9.45. The number of hydrogen-bond acceptors (Lipinski definition) is 4. The van der Waals surface area contributed by atoms with Crippen molar-refractivity contribution in [3.05, 3.63) is 157 Å². The molecular formula is C42H24N4. The molecule has 8 rings (SSSR count). The van der Waals surface area contributed by atoms with Crippen LogP contribution in [0, 0.1) is 22.7 Å². The van der Waals surface area contributed by atoms with E-state index in [2.05, 4.69) is 131 Å². The van der Waals surface area contributed by atoms with Crippen LogP contribution in [0.1, 0.15) is 11.1 Å². The summed E-state index contributed by atoms with van der Waals surface area (Å²) >= 11 is 0. The van der Waals surface area contributed by atoms with Gasteiger partial charge in [0.1, 0.15) is 12.1 Å². The van der Waals surface area contributed by atoms with Crippen LogP contribution in [0.2, 0.25) is 0 Å². The van der Waals surface area contributed by atoms with Crippen LogP contribution >= 0.6 is 0 Å². The first kappa shape index (κ1) is 27.0. The Morgan fingerprint density at radius 1 is 0.348 bits per heavy atom. The Morgan fingerprint density at radius 3 is 1.20 bits per heavy atom. The molecule has 0 atom stereocenters. The van der Waals surface area contributed by atoms with Gasteiger partial charge in [-0.3, -0.25) is 9.97 Å². The lowest BCUT2D eigenvalue weighted by atomic mass is 9.87. The molecule has 0 aliphatic heterocycles. The SMILES string of the molecule is N#Cc1cncc(-c2cccc(-c3cc4c5ccccc5c(-c5cccc(-c6cncc(C#N)c6)c5)cc4c4ccccc34)c2)c1. The zero-order chi connectivity index (χ0) is 31.0. The predicted octanol–water partition coefficient (Wildman–Crippen LogP) is 10.3. The molecule has 0 radical (unpaired) electrons. The van der Waals surface area contributed by atoms with Gasteiger partial charge >= 0.3 is 0 Å². The van der Waals surface area contributed by atoms with Crippen molar-refractivity contribution in [2.24, 2.45) is 0 Å². The van der Waals surface area contributed by atoms with Crippen LogP contribution in [0.25, 0.3) is 76.8 Å². The van der Waals surface area contributed by atoms with Gasteiger partial charge in [-0.25, -0.2) is 0 Å². The van der Waals surface area contributed by atoms with Crippen LogP contribution in [0.15, 0.2) is 146 Å². The molecule has 4 nitrogen and oxygen atoms in total. The van der Waals surface area contributed by atoms with Crippen LogP contribution in [0.4, 0.5) is 0 Å². The van der Waals surface area contributed by atoms with Crippen molar-refractivity contribution >= 4 is 32.3 Å². The highest BCUT2D eigenvalue weighted by Gasteiger charge is 2.15. The Bertz CT molecular complexity index is 2390. The second-order valence-corrected chi connectivity index (χ2v) is 11.3. The van der Waals surface area contributed by atoms with Gasteiger partial charge in [-0.05, 0) is 102 Å². The van der Waals surface area contributed by atoms with E-state index in [0.717, 1.165) is 44.5 Å². The van der Waals surface area contributed by atoms with Crippen molar-refractivity contribution in [2.45, 2.75) is 0 Å². The fraction of sp³-hybridized carbons (Fsp3) is 0. The molecule has 0 fully saturated rings. The van der Waals surface area contributed by atoms with E-state index in [1.807, 2.05) is 12.1 Å². The second-order valence-electron chi connectivity index (χ2n) is 11.3. The molecule has 0 aliphatic rings. The third-order valence-electron chi connectivity index (χ3n) is 8.63. The van der Waals surface area contributed by atoms with E-state index in [4.69, 9.17) is 0 Å². The smallest absolute Gasteiger partial charge is 0.101 e. The standard InChI is InChI=1S/C42H24N4/c43-21-27-15-33(25-45-23-27)29-7-5-9-31(17-29)39-19-42-38-14-4-2-12-36(38)40(20-41(42)37-13-3-1-11-35(37)39)32-10-6-8-30(18-32)34-16-28(22-44)24-46-26-34/h1-20,23-26H. The molecule has 0 unspecified atom stereocenters. The molecule has 46 heavy (non-hydrogen) atoms. The zero-order valence-electron chi connectivity index (χ0n) is 24.6. The maximum atomic E-state index is 9.42. The van der Waals surface area contributed by atoms with Crippen molar-refractivity contribution in [1.82, 2.24) is 9.97 Å². The molecule has 0 aliphatic carbocycles. The highest BCUT2D eigenvalue weighted by Crippen LogP contribution is 2.42. The summed E-state index contributed by atoms with van der Waals surface area (Å²) in [6, 6.07) is 46.9. The quantitative estimate of drug-likeness (QED) is 0.193. The van der Waals surface area contributed by atoms with E-state index in [9.17, 15) is 10.5 Å². The second kappa shape index (κ2) is 11.1. The summed E-state index contributed by atoms with van der Waals surface area (Å²) in [5, 5.41) is 25.9. The molecule has 2 aromatic heterocycles. The Kier molecular flexibility index (Phi) is 6.53. The van der Waals surface area contributed by atoms with Crippen molar-refractivity contribution in [3.63, 3.8) is 0 Å². The summed E-state index contributed by atoms with van der Waals surface area (Å²) in [5.74, 6) is 0. The van der Waals surface area contributed by atoms with E-state index in [1.54, 1.807) is 24.8 Å². The third kappa shape index (κ3) is 4.63. The molecule has 0 bridgehead atoms. The fourth-order valence-corrected chi connectivity index (χ4v) is 6.48. The van der Waals surface area contributed by atoms with Crippen molar-refractivity contribution in [2.75, 3.05) is 0 Å². The molecule has 0 spiro atoms. The average molecular weight is 585 g/mol. The van der Waals surface area contributed by atoms with Crippen molar-refractivity contribution in [3.8, 4) is 56.6 Å². The van der Waals surface area contributed by atoms with E-state index in [1.165, 1.54) is 32.3 Å². The summed E-state index contributed by atoms with van der Waals surface area (Å²) < 4.78 is 0. The van der Waals surface area contributed by atoms with Gasteiger partial charge in [0, 0.05) is 35.9 Å². The molecule has 2 heterocycles. The number of nitrogens with zero attached hydrogens (tertiary/aromatic N) is 4. The summed E-state index contributed by atoms with van der Waals surface area (Å²) in [7, 11) is 0. The molecule has 4 heteroatoms. The number of aromatic nitrogens is 2. The molecule has 0 saturated carbocycles. The Hall–Kier alpha value is -6.62. The summed E-state index contributed by atoms with van der Waals surface area (Å²) in [6.45, 7) is 0. The third-order valence-corrected chi connectivity index (χ3v) is 8.63. The maximum Gasteiger partial charge on any atom is 0.101 e. The lowest BCUT2D eigenvalue weighted by molar-refractivity contribution is 1.30. The number of pyridine rings is 2. The number of benzene rings is 6. The Morgan fingerprint density at radius 2 is 0.761 bits per heavy atom. The summed E-state index contributed by atoms with van der Waals surface area (Å²) in [6.07, 6.45) is 6.78. The summed E-state index contributed by atoms with van der Waals surface area (Å²) in [4.78, 5) is 8.57. The van der Waals surface area contributed by atoms with E-state index in [0.29, 0.717) is 11.1 Å². The highest BCUT2D eigenvalue weighted by atomic mass is 14.6. The van der Waals surface area contributed by atoms with Crippen LogP contribution in [-0.2, 0) is 0 Å². The maximum absolute atomic E-state index is 9.42. The molecule has 0 saturated heterocycles. The lowest BCUT2D eigenvalue weighted by Crippen LogP contribution is -1.90. The first-order valence-electron chi connectivity index (χ1n) is 15.0. The van der Waals surface area contributed by atoms with E-state index in [-0.39, 0.29) is 0 Å². The average Bonchev–Trinajstić information content (AvgIpc) is 3.14. The molecule has 212 valence electrons. The fourth-order valence-electron chi connectivity index (χ4n) is 6.48. The molecular weight excluding hydrogens is 560 g/mol. The zero-order valence-corrected chi connectivity index (χ0v) is 24.6. The van der Waals surface area contributed by atoms with Gasteiger partial charge in [-0.15, -0.1) is 0 Å². The predicted molar refractivity (Wildman–Crippen MR) is 186 cm³/mol. The largest absolute Gasteiger partial charge is 0.263 e. The van der Waals surface area contributed by atoms with Gasteiger partial charge in [0.15, 0.2) is 0 Å². The number of fused-ring (bicyclic) bond motifs is 5. The number of hydrogen-bond donors (Lipinski definition) is 0. The topological polar surface area (TPSA) is 73.4 Å². The molecule has 0 amide bonds. The minimum Gasteiger partial charge on any atom is -0.263 e.